The summed E-state index contributed by atoms with van der Waals surface area (Å²) in [7, 11) is 0. The van der Waals surface area contributed by atoms with E-state index in [0.29, 0.717) is 5.02 Å². The highest BCUT2D eigenvalue weighted by molar-refractivity contribution is 7.14. The second kappa shape index (κ2) is 5.40. The third-order valence-corrected chi connectivity index (χ3v) is 4.19. The molecule has 0 aliphatic rings. The van der Waals surface area contributed by atoms with Crippen LogP contribution in [-0.2, 0) is 0 Å². The molecule has 0 aliphatic heterocycles. The first-order valence-corrected chi connectivity index (χ1v) is 7.81. The molecule has 0 radical (unpaired) electrons. The molecule has 0 aliphatic carbocycles. The van der Waals surface area contributed by atoms with Gasteiger partial charge < -0.3 is 5.32 Å². The zero-order valence-corrected chi connectivity index (χ0v) is 12.8. The van der Waals surface area contributed by atoms with Crippen LogP contribution in [0.1, 0.15) is 0 Å². The fourth-order valence-electron chi connectivity index (χ4n) is 2.14. The number of benzene rings is 1. The molecule has 1 aromatic carbocycles. The fourth-order valence-corrected chi connectivity index (χ4v) is 2.99. The Kier molecular flexibility index (Phi) is 3.25. The van der Waals surface area contributed by atoms with Gasteiger partial charge in [0.15, 0.2) is 10.8 Å². The average molecular weight is 328 g/mol. The molecule has 5 nitrogen and oxygen atoms in total. The standard InChI is InChI=1S/C15H10ClN5S/c16-10-1-3-11(4-2-10)19-15-20-12(9-22-15)13-7-18-14-8-17-5-6-21(13)14/h1-9H,(H,19,20). The van der Waals surface area contributed by atoms with Crippen LogP contribution < -0.4 is 5.32 Å². The third-order valence-electron chi connectivity index (χ3n) is 3.18. The summed E-state index contributed by atoms with van der Waals surface area (Å²) in [5.74, 6) is 0. The molecule has 3 aromatic heterocycles. The molecule has 3 heterocycles. The summed E-state index contributed by atoms with van der Waals surface area (Å²) >= 11 is 7.43. The number of rotatable bonds is 3. The van der Waals surface area contributed by atoms with Crippen molar-refractivity contribution >= 4 is 39.4 Å². The maximum atomic E-state index is 5.89. The maximum absolute atomic E-state index is 5.89. The van der Waals surface area contributed by atoms with Crippen LogP contribution >= 0.6 is 22.9 Å². The molecular formula is C15H10ClN5S. The zero-order valence-electron chi connectivity index (χ0n) is 11.3. The number of imidazole rings is 1. The summed E-state index contributed by atoms with van der Waals surface area (Å²) in [5, 5.41) is 6.80. The molecule has 22 heavy (non-hydrogen) atoms. The third kappa shape index (κ3) is 2.43. The van der Waals surface area contributed by atoms with Crippen molar-refractivity contribution in [3.8, 4) is 11.4 Å². The molecule has 1 N–H and O–H groups in total. The maximum Gasteiger partial charge on any atom is 0.187 e. The predicted octanol–water partition coefficient (Wildman–Crippen LogP) is 4.25. The highest BCUT2D eigenvalue weighted by Gasteiger charge is 2.10. The summed E-state index contributed by atoms with van der Waals surface area (Å²) in [4.78, 5) is 13.0. The first-order valence-electron chi connectivity index (χ1n) is 6.55. The molecule has 0 spiro atoms. The van der Waals surface area contributed by atoms with E-state index in [2.05, 4.69) is 20.3 Å². The highest BCUT2D eigenvalue weighted by Crippen LogP contribution is 2.27. The molecule has 0 saturated heterocycles. The Hall–Kier alpha value is -2.44. The summed E-state index contributed by atoms with van der Waals surface area (Å²) in [5.41, 5.74) is 3.57. The van der Waals surface area contributed by atoms with Crippen molar-refractivity contribution in [2.75, 3.05) is 5.32 Å². The SMILES string of the molecule is Clc1ccc(Nc2nc(-c3cnc4cnccn34)cs2)cc1. The quantitative estimate of drug-likeness (QED) is 0.611. The summed E-state index contributed by atoms with van der Waals surface area (Å²) in [6.45, 7) is 0. The molecule has 7 heteroatoms. The number of fused-ring (bicyclic) bond motifs is 1. The number of nitrogens with one attached hydrogen (secondary N) is 1. The number of hydrogen-bond acceptors (Lipinski definition) is 5. The van der Waals surface area contributed by atoms with Crippen LogP contribution in [-0.4, -0.2) is 19.4 Å². The highest BCUT2D eigenvalue weighted by atomic mass is 35.5. The largest absolute Gasteiger partial charge is 0.332 e. The number of thiazole rings is 1. The van der Waals surface area contributed by atoms with Gasteiger partial charge in [-0.2, -0.15) is 0 Å². The smallest absolute Gasteiger partial charge is 0.187 e. The van der Waals surface area contributed by atoms with Gasteiger partial charge in [-0.15, -0.1) is 11.3 Å². The second-order valence-corrected chi connectivity index (χ2v) is 5.91. The number of aromatic nitrogens is 4. The summed E-state index contributed by atoms with van der Waals surface area (Å²) < 4.78 is 1.97. The Morgan fingerprint density at radius 1 is 1.14 bits per heavy atom. The van der Waals surface area contributed by atoms with Crippen LogP contribution in [0.5, 0.6) is 0 Å². The van der Waals surface area contributed by atoms with Crippen LogP contribution in [0.3, 0.4) is 0 Å². The van der Waals surface area contributed by atoms with Gasteiger partial charge in [0.05, 0.1) is 18.1 Å². The minimum Gasteiger partial charge on any atom is -0.332 e. The van der Waals surface area contributed by atoms with E-state index in [4.69, 9.17) is 11.6 Å². The van der Waals surface area contributed by atoms with Gasteiger partial charge >= 0.3 is 0 Å². The molecule has 4 rings (SSSR count). The molecule has 108 valence electrons. The lowest BCUT2D eigenvalue weighted by atomic mass is 10.3. The van der Waals surface area contributed by atoms with Gasteiger partial charge in [-0.3, -0.25) is 9.38 Å². The molecule has 4 aromatic rings. The molecule has 0 atom stereocenters. The molecule has 0 fully saturated rings. The van der Waals surface area contributed by atoms with Gasteiger partial charge in [0.2, 0.25) is 0 Å². The van der Waals surface area contributed by atoms with E-state index in [9.17, 15) is 0 Å². The van der Waals surface area contributed by atoms with Crippen molar-refractivity contribution in [3.05, 3.63) is 59.5 Å². The summed E-state index contributed by atoms with van der Waals surface area (Å²) in [6.07, 6.45) is 7.14. The Bertz CT molecular complexity index is 928. The number of hydrogen-bond donors (Lipinski definition) is 1. The lowest BCUT2D eigenvalue weighted by molar-refractivity contribution is 1.12. The van der Waals surface area contributed by atoms with Gasteiger partial charge in [0.1, 0.15) is 5.69 Å². The van der Waals surface area contributed by atoms with Gasteiger partial charge in [0.25, 0.3) is 0 Å². The van der Waals surface area contributed by atoms with E-state index in [1.165, 1.54) is 0 Å². The monoisotopic (exact) mass is 327 g/mol. The first-order chi connectivity index (χ1) is 10.8. The summed E-state index contributed by atoms with van der Waals surface area (Å²) in [6, 6.07) is 7.53. The molecule has 0 bridgehead atoms. The molecule has 0 saturated carbocycles. The van der Waals surface area contributed by atoms with E-state index in [1.54, 1.807) is 29.9 Å². The van der Waals surface area contributed by atoms with Crippen LogP contribution in [0, 0.1) is 0 Å². The average Bonchev–Trinajstić information content (AvgIpc) is 3.16. The second-order valence-electron chi connectivity index (χ2n) is 4.62. The minimum absolute atomic E-state index is 0.713. The van der Waals surface area contributed by atoms with Crippen molar-refractivity contribution in [1.82, 2.24) is 19.4 Å². The first kappa shape index (κ1) is 13.2. The predicted molar refractivity (Wildman–Crippen MR) is 88.8 cm³/mol. The fraction of sp³-hybridized carbons (Fsp3) is 0. The topological polar surface area (TPSA) is 55.1 Å². The van der Waals surface area contributed by atoms with Gasteiger partial charge in [-0.1, -0.05) is 11.6 Å². The van der Waals surface area contributed by atoms with Crippen molar-refractivity contribution in [1.29, 1.82) is 0 Å². The normalized spacial score (nSPS) is 11.0. The lowest BCUT2D eigenvalue weighted by Gasteiger charge is -2.01. The Morgan fingerprint density at radius 3 is 2.86 bits per heavy atom. The van der Waals surface area contributed by atoms with Crippen LogP contribution in [0.15, 0.2) is 54.4 Å². The zero-order chi connectivity index (χ0) is 14.9. The van der Waals surface area contributed by atoms with Gasteiger partial charge in [-0.05, 0) is 24.3 Å². The van der Waals surface area contributed by atoms with Crippen molar-refractivity contribution < 1.29 is 0 Å². The number of anilines is 2. The van der Waals surface area contributed by atoms with Crippen molar-refractivity contribution in [2.24, 2.45) is 0 Å². The van der Waals surface area contributed by atoms with Gasteiger partial charge in [0, 0.05) is 28.5 Å². The minimum atomic E-state index is 0.713. The molecule has 0 unspecified atom stereocenters. The van der Waals surface area contributed by atoms with Crippen molar-refractivity contribution in [2.45, 2.75) is 0 Å². The van der Waals surface area contributed by atoms with Crippen LogP contribution in [0.25, 0.3) is 17.0 Å². The van der Waals surface area contributed by atoms with E-state index in [0.717, 1.165) is 27.9 Å². The Labute approximate surface area is 135 Å². The van der Waals surface area contributed by atoms with E-state index in [1.807, 2.05) is 40.2 Å². The van der Waals surface area contributed by atoms with Crippen LogP contribution in [0.4, 0.5) is 10.8 Å². The van der Waals surface area contributed by atoms with E-state index >= 15 is 0 Å². The number of nitrogens with zero attached hydrogens (tertiary/aromatic N) is 4. The van der Waals surface area contributed by atoms with Crippen molar-refractivity contribution in [3.63, 3.8) is 0 Å². The molecular weight excluding hydrogens is 318 g/mol. The van der Waals surface area contributed by atoms with Gasteiger partial charge in [-0.25, -0.2) is 9.97 Å². The van der Waals surface area contributed by atoms with E-state index < -0.39 is 0 Å². The number of halogens is 1. The Balaban J connectivity index is 1.65. The lowest BCUT2D eigenvalue weighted by Crippen LogP contribution is -1.91. The molecule has 0 amide bonds. The Morgan fingerprint density at radius 2 is 2.00 bits per heavy atom. The van der Waals surface area contributed by atoms with E-state index in [-0.39, 0.29) is 0 Å². The van der Waals surface area contributed by atoms with Crippen LogP contribution in [0.2, 0.25) is 5.02 Å².